The molecular formula is C26H29FN4O3. The minimum Gasteiger partial charge on any atom is -0.495 e. The lowest BCUT2D eigenvalue weighted by Gasteiger charge is -2.37. The Kier molecular flexibility index (Phi) is 7.27. The quantitative estimate of drug-likeness (QED) is 0.521. The molecule has 8 heteroatoms. The van der Waals surface area contributed by atoms with Crippen LogP contribution < -0.4 is 4.74 Å². The number of halogens is 1. The molecule has 2 heterocycles. The molecule has 34 heavy (non-hydrogen) atoms. The molecule has 1 aliphatic heterocycles. The van der Waals surface area contributed by atoms with E-state index in [1.165, 1.54) is 19.2 Å². The average Bonchev–Trinajstić information content (AvgIpc) is 3.28. The van der Waals surface area contributed by atoms with Crippen LogP contribution in [0.4, 0.5) is 4.39 Å². The molecule has 0 amide bonds. The fraction of sp³-hybridized carbons (Fsp3) is 0.308. The van der Waals surface area contributed by atoms with Gasteiger partial charge < -0.3 is 24.1 Å². The van der Waals surface area contributed by atoms with E-state index < -0.39 is 0 Å². The predicted octanol–water partition coefficient (Wildman–Crippen LogP) is 4.50. The molecule has 3 aromatic rings. The maximum absolute atomic E-state index is 13.5. The molecule has 1 saturated heterocycles. The fourth-order valence-electron chi connectivity index (χ4n) is 4.30. The Bertz CT molecular complexity index is 1190. The van der Waals surface area contributed by atoms with E-state index in [-0.39, 0.29) is 18.5 Å². The molecule has 4 rings (SSSR count). The maximum atomic E-state index is 13.5. The second-order valence-electron chi connectivity index (χ2n) is 8.17. The van der Waals surface area contributed by atoms with Crippen LogP contribution >= 0.6 is 0 Å². The van der Waals surface area contributed by atoms with Gasteiger partial charge in [-0.1, -0.05) is 23.4 Å². The van der Waals surface area contributed by atoms with Crippen molar-refractivity contribution in [3.63, 3.8) is 0 Å². The number of methoxy groups -OCH3 is 1. The van der Waals surface area contributed by atoms with E-state index in [4.69, 9.17) is 9.57 Å². The first-order valence-electron chi connectivity index (χ1n) is 11.2. The summed E-state index contributed by atoms with van der Waals surface area (Å²) in [5.74, 6) is 1.07. The smallest absolute Gasteiger partial charge is 0.171 e. The molecular weight excluding hydrogens is 435 g/mol. The Hall–Kier alpha value is -3.65. The second kappa shape index (κ2) is 10.5. The van der Waals surface area contributed by atoms with Crippen LogP contribution in [0.3, 0.4) is 0 Å². The summed E-state index contributed by atoms with van der Waals surface area (Å²) in [4.78, 5) is 11.5. The van der Waals surface area contributed by atoms with E-state index in [0.717, 1.165) is 46.7 Å². The van der Waals surface area contributed by atoms with Crippen molar-refractivity contribution in [3.8, 4) is 11.4 Å². The number of likely N-dealkylation sites (tertiary alicyclic amines) is 1. The van der Waals surface area contributed by atoms with Crippen molar-refractivity contribution in [1.82, 2.24) is 14.5 Å². The Morgan fingerprint density at radius 3 is 2.65 bits per heavy atom. The molecule has 1 atom stereocenters. The van der Waals surface area contributed by atoms with Gasteiger partial charge in [0.25, 0.3) is 0 Å². The number of benzene rings is 2. The van der Waals surface area contributed by atoms with Gasteiger partial charge in [-0.15, -0.1) is 0 Å². The van der Waals surface area contributed by atoms with E-state index in [2.05, 4.69) is 16.2 Å². The number of ether oxygens (including phenoxy) is 1. The van der Waals surface area contributed by atoms with Crippen molar-refractivity contribution >= 4 is 11.9 Å². The summed E-state index contributed by atoms with van der Waals surface area (Å²) in [5.41, 5.74) is 4.59. The third kappa shape index (κ3) is 4.97. The zero-order chi connectivity index (χ0) is 24.1. The zero-order valence-electron chi connectivity index (χ0n) is 19.6. The van der Waals surface area contributed by atoms with Crippen LogP contribution in [0.25, 0.3) is 11.8 Å². The van der Waals surface area contributed by atoms with E-state index in [9.17, 15) is 9.50 Å². The summed E-state index contributed by atoms with van der Waals surface area (Å²) in [7, 11) is 3.16. The standard InChI is InChI=1S/C26H29FN4O3/c1-18-15-30(17-28-18)23-11-6-19(14-25(23)33-2)13-21-5-4-12-31(26(21)29-34-3)24(16-32)20-7-9-22(27)10-8-20/h6-11,13-15,17,24,32H,4-5,12,16H2,1-3H3. The molecule has 1 fully saturated rings. The number of imidazole rings is 1. The topological polar surface area (TPSA) is 72.1 Å². The highest BCUT2D eigenvalue weighted by Crippen LogP contribution is 2.31. The van der Waals surface area contributed by atoms with Gasteiger partial charge in [-0.3, -0.25) is 0 Å². The molecule has 1 aliphatic rings. The minimum absolute atomic E-state index is 0.130. The number of hydrogen-bond acceptors (Lipinski definition) is 5. The van der Waals surface area contributed by atoms with Crippen LogP contribution in [0.2, 0.25) is 0 Å². The average molecular weight is 465 g/mol. The number of aliphatic hydroxyl groups excluding tert-OH is 1. The van der Waals surface area contributed by atoms with Crippen molar-refractivity contribution in [2.45, 2.75) is 25.8 Å². The molecule has 0 spiro atoms. The van der Waals surface area contributed by atoms with Crippen LogP contribution in [0.5, 0.6) is 5.75 Å². The molecule has 2 aromatic carbocycles. The summed E-state index contributed by atoms with van der Waals surface area (Å²) < 4.78 is 21.0. The number of aliphatic hydroxyl groups is 1. The van der Waals surface area contributed by atoms with E-state index in [1.54, 1.807) is 25.6 Å². The number of piperidine rings is 1. The Balaban J connectivity index is 1.68. The minimum atomic E-state index is -0.361. The number of nitrogens with zero attached hydrogens (tertiary/aromatic N) is 4. The lowest BCUT2D eigenvalue weighted by molar-refractivity contribution is 0.160. The highest BCUT2D eigenvalue weighted by atomic mass is 19.1. The molecule has 7 nitrogen and oxygen atoms in total. The first-order chi connectivity index (χ1) is 16.5. The predicted molar refractivity (Wildman–Crippen MR) is 129 cm³/mol. The highest BCUT2D eigenvalue weighted by Gasteiger charge is 2.29. The monoisotopic (exact) mass is 464 g/mol. The van der Waals surface area contributed by atoms with Crippen molar-refractivity contribution in [2.24, 2.45) is 5.16 Å². The Morgan fingerprint density at radius 2 is 2.00 bits per heavy atom. The van der Waals surface area contributed by atoms with Crippen molar-refractivity contribution in [1.29, 1.82) is 0 Å². The van der Waals surface area contributed by atoms with E-state index >= 15 is 0 Å². The molecule has 0 saturated carbocycles. The third-order valence-corrected chi connectivity index (χ3v) is 5.92. The van der Waals surface area contributed by atoms with Gasteiger partial charge in [-0.2, -0.15) is 0 Å². The van der Waals surface area contributed by atoms with Crippen molar-refractivity contribution in [2.75, 3.05) is 27.4 Å². The fourth-order valence-corrected chi connectivity index (χ4v) is 4.30. The van der Waals surface area contributed by atoms with Gasteiger partial charge >= 0.3 is 0 Å². The number of amidine groups is 1. The molecule has 178 valence electrons. The Labute approximate surface area is 198 Å². The van der Waals surface area contributed by atoms with Gasteiger partial charge in [0, 0.05) is 12.7 Å². The van der Waals surface area contributed by atoms with Crippen LogP contribution in [0.1, 0.15) is 35.7 Å². The summed E-state index contributed by atoms with van der Waals surface area (Å²) in [6, 6.07) is 11.8. The SMILES string of the molecule is CON=C1C(=Cc2ccc(-n3cnc(C)c3)c(OC)c2)CCCN1C(CO)c1ccc(F)cc1. The molecule has 0 radical (unpaired) electrons. The van der Waals surface area contributed by atoms with Crippen molar-refractivity contribution < 1.29 is 19.1 Å². The molecule has 1 N–H and O–H groups in total. The molecule has 0 aliphatic carbocycles. The van der Waals surface area contributed by atoms with Crippen LogP contribution in [0.15, 0.2) is 65.7 Å². The number of hydrogen-bond donors (Lipinski definition) is 1. The summed E-state index contributed by atoms with van der Waals surface area (Å²) in [6.45, 7) is 2.51. The highest BCUT2D eigenvalue weighted by molar-refractivity contribution is 6.02. The van der Waals surface area contributed by atoms with Crippen molar-refractivity contribution in [3.05, 3.63) is 83.2 Å². The Morgan fingerprint density at radius 1 is 1.21 bits per heavy atom. The third-order valence-electron chi connectivity index (χ3n) is 5.92. The number of aromatic nitrogens is 2. The second-order valence-corrected chi connectivity index (χ2v) is 8.17. The van der Waals surface area contributed by atoms with Gasteiger partial charge in [-0.05, 0) is 66.8 Å². The van der Waals surface area contributed by atoms with E-state index in [0.29, 0.717) is 12.4 Å². The maximum Gasteiger partial charge on any atom is 0.171 e. The normalized spacial score (nSPS) is 17.3. The van der Waals surface area contributed by atoms with Gasteiger partial charge in [0.05, 0.1) is 37.5 Å². The number of rotatable bonds is 7. The largest absolute Gasteiger partial charge is 0.495 e. The van der Waals surface area contributed by atoms with Gasteiger partial charge in [0.15, 0.2) is 5.84 Å². The van der Waals surface area contributed by atoms with Crippen LogP contribution in [-0.4, -0.2) is 52.8 Å². The van der Waals surface area contributed by atoms with Gasteiger partial charge in [0.2, 0.25) is 0 Å². The van der Waals surface area contributed by atoms with Gasteiger partial charge in [-0.25, -0.2) is 9.37 Å². The summed E-state index contributed by atoms with van der Waals surface area (Å²) in [5, 5.41) is 14.5. The summed E-state index contributed by atoms with van der Waals surface area (Å²) in [6.07, 6.45) is 7.47. The molecule has 1 aromatic heterocycles. The molecule has 0 bridgehead atoms. The van der Waals surface area contributed by atoms with Gasteiger partial charge in [0.1, 0.15) is 18.7 Å². The van der Waals surface area contributed by atoms with E-state index in [1.807, 2.05) is 40.8 Å². The molecule has 1 unspecified atom stereocenters. The lowest BCUT2D eigenvalue weighted by Crippen LogP contribution is -2.41. The number of oxime groups is 1. The lowest BCUT2D eigenvalue weighted by atomic mass is 9.96. The van der Waals surface area contributed by atoms with Crippen LogP contribution in [-0.2, 0) is 4.84 Å². The van der Waals surface area contributed by atoms with Crippen LogP contribution in [0, 0.1) is 12.7 Å². The first kappa shape index (κ1) is 23.5. The first-order valence-corrected chi connectivity index (χ1v) is 11.2. The number of aryl methyl sites for hydroxylation is 1. The zero-order valence-corrected chi connectivity index (χ0v) is 19.6. The summed E-state index contributed by atoms with van der Waals surface area (Å²) >= 11 is 0.